The van der Waals surface area contributed by atoms with Gasteiger partial charge in [-0.3, -0.25) is 9.78 Å². The molecule has 0 saturated carbocycles. The van der Waals surface area contributed by atoms with Crippen LogP contribution in [0.5, 0.6) is 0 Å². The molecule has 0 bridgehead atoms. The highest BCUT2D eigenvalue weighted by molar-refractivity contribution is 5.90. The molecule has 0 aliphatic rings. The molecule has 152 valence electrons. The molecule has 0 aliphatic heterocycles. The Bertz CT molecular complexity index is 1180. The van der Waals surface area contributed by atoms with E-state index in [9.17, 15) is 9.18 Å². The second kappa shape index (κ2) is 8.64. The Kier molecular flexibility index (Phi) is 5.60. The number of anilines is 2. The lowest BCUT2D eigenvalue weighted by Gasteiger charge is -2.07. The van der Waals surface area contributed by atoms with Gasteiger partial charge in [0.25, 0.3) is 0 Å². The van der Waals surface area contributed by atoms with Crippen LogP contribution in [0, 0.1) is 12.7 Å². The third-order valence-corrected chi connectivity index (χ3v) is 4.56. The number of aromatic nitrogens is 5. The Morgan fingerprint density at radius 1 is 1.17 bits per heavy atom. The van der Waals surface area contributed by atoms with Crippen molar-refractivity contribution in [1.29, 1.82) is 0 Å². The smallest absolute Gasteiger partial charge is 0.224 e. The van der Waals surface area contributed by atoms with Crippen molar-refractivity contribution in [1.82, 2.24) is 24.8 Å². The van der Waals surface area contributed by atoms with Crippen molar-refractivity contribution in [3.05, 3.63) is 77.6 Å². The van der Waals surface area contributed by atoms with E-state index in [4.69, 9.17) is 0 Å². The predicted octanol–water partition coefficient (Wildman–Crippen LogP) is 3.15. The van der Waals surface area contributed by atoms with Crippen LogP contribution in [-0.2, 0) is 17.8 Å². The van der Waals surface area contributed by atoms with Gasteiger partial charge in [-0.15, -0.1) is 15.3 Å². The number of amides is 1. The van der Waals surface area contributed by atoms with Gasteiger partial charge >= 0.3 is 0 Å². The molecule has 0 aliphatic carbocycles. The van der Waals surface area contributed by atoms with Gasteiger partial charge in [0.2, 0.25) is 5.91 Å². The van der Waals surface area contributed by atoms with Crippen LogP contribution in [0.25, 0.3) is 5.65 Å². The van der Waals surface area contributed by atoms with Crippen LogP contribution < -0.4 is 10.6 Å². The number of carbonyl (C=O) groups excluding carboxylic acids is 1. The third-order valence-electron chi connectivity index (χ3n) is 4.56. The lowest BCUT2D eigenvalue weighted by molar-refractivity contribution is -0.116. The number of fused-ring (bicyclic) bond motifs is 1. The maximum atomic E-state index is 13.6. The SMILES string of the molecule is Cc1ccc(NC(=O)CCc2nnc3ccc(NCc4cccnc4)nn23)cc1F. The van der Waals surface area contributed by atoms with Crippen LogP contribution in [0.2, 0.25) is 0 Å². The molecule has 4 aromatic rings. The van der Waals surface area contributed by atoms with Gasteiger partial charge in [0.05, 0.1) is 0 Å². The first-order valence-corrected chi connectivity index (χ1v) is 9.48. The van der Waals surface area contributed by atoms with Crippen molar-refractivity contribution in [3.63, 3.8) is 0 Å². The summed E-state index contributed by atoms with van der Waals surface area (Å²) in [6.07, 6.45) is 4.03. The summed E-state index contributed by atoms with van der Waals surface area (Å²) < 4.78 is 15.2. The van der Waals surface area contributed by atoms with Crippen molar-refractivity contribution in [2.24, 2.45) is 0 Å². The summed E-state index contributed by atoms with van der Waals surface area (Å²) in [6, 6.07) is 12.1. The van der Waals surface area contributed by atoms with E-state index in [1.807, 2.05) is 24.3 Å². The molecule has 1 amide bonds. The molecule has 9 heteroatoms. The molecule has 2 N–H and O–H groups in total. The van der Waals surface area contributed by atoms with Gasteiger partial charge in [-0.2, -0.15) is 4.52 Å². The number of rotatable bonds is 7. The van der Waals surface area contributed by atoms with Crippen molar-refractivity contribution >= 4 is 23.1 Å². The summed E-state index contributed by atoms with van der Waals surface area (Å²) in [4.78, 5) is 16.3. The van der Waals surface area contributed by atoms with Crippen LogP contribution in [0.4, 0.5) is 15.9 Å². The van der Waals surface area contributed by atoms with Gasteiger partial charge in [0, 0.05) is 37.5 Å². The minimum atomic E-state index is -0.355. The lowest BCUT2D eigenvalue weighted by atomic mass is 10.2. The predicted molar refractivity (Wildman–Crippen MR) is 110 cm³/mol. The van der Waals surface area contributed by atoms with E-state index in [0.29, 0.717) is 41.5 Å². The highest BCUT2D eigenvalue weighted by Crippen LogP contribution is 2.14. The van der Waals surface area contributed by atoms with E-state index in [1.54, 1.807) is 36.0 Å². The first-order chi connectivity index (χ1) is 14.6. The summed E-state index contributed by atoms with van der Waals surface area (Å²) in [5.41, 5.74) is 2.58. The topological polar surface area (TPSA) is 97.1 Å². The van der Waals surface area contributed by atoms with Gasteiger partial charge in [-0.05, 0) is 48.4 Å². The van der Waals surface area contributed by atoms with Crippen LogP contribution in [0.15, 0.2) is 54.9 Å². The minimum absolute atomic E-state index is 0.172. The summed E-state index contributed by atoms with van der Waals surface area (Å²) in [7, 11) is 0. The Morgan fingerprint density at radius 3 is 2.87 bits per heavy atom. The summed E-state index contributed by atoms with van der Waals surface area (Å²) in [5, 5.41) is 18.7. The molecule has 0 spiro atoms. The van der Waals surface area contributed by atoms with Gasteiger partial charge in [0.1, 0.15) is 11.6 Å². The zero-order chi connectivity index (χ0) is 20.9. The van der Waals surface area contributed by atoms with Gasteiger partial charge in [-0.1, -0.05) is 12.1 Å². The number of carbonyl (C=O) groups is 1. The Balaban J connectivity index is 1.39. The number of halogens is 1. The first kappa shape index (κ1) is 19.4. The molecule has 0 unspecified atom stereocenters. The standard InChI is InChI=1S/C21H20FN7O/c1-14-4-5-16(11-17(14)22)25-21(30)9-8-20-27-26-19-7-6-18(28-29(19)20)24-13-15-3-2-10-23-12-15/h2-7,10-12H,8-9,13H2,1H3,(H,24,28)(H,25,30). The number of hydrogen-bond donors (Lipinski definition) is 2. The lowest BCUT2D eigenvalue weighted by Crippen LogP contribution is -2.14. The monoisotopic (exact) mass is 405 g/mol. The average Bonchev–Trinajstić information content (AvgIpc) is 3.16. The highest BCUT2D eigenvalue weighted by atomic mass is 19.1. The molecule has 8 nitrogen and oxygen atoms in total. The Hall–Kier alpha value is -3.88. The highest BCUT2D eigenvalue weighted by Gasteiger charge is 2.11. The van der Waals surface area contributed by atoms with Crippen molar-refractivity contribution in [3.8, 4) is 0 Å². The van der Waals surface area contributed by atoms with Gasteiger partial charge < -0.3 is 10.6 Å². The molecule has 0 saturated heterocycles. The molecule has 3 heterocycles. The van der Waals surface area contributed by atoms with Crippen molar-refractivity contribution in [2.75, 3.05) is 10.6 Å². The van der Waals surface area contributed by atoms with E-state index >= 15 is 0 Å². The van der Waals surface area contributed by atoms with E-state index in [0.717, 1.165) is 5.56 Å². The molecule has 0 atom stereocenters. The van der Waals surface area contributed by atoms with Gasteiger partial charge in [0.15, 0.2) is 11.5 Å². The fourth-order valence-electron chi connectivity index (χ4n) is 2.90. The van der Waals surface area contributed by atoms with Crippen LogP contribution >= 0.6 is 0 Å². The van der Waals surface area contributed by atoms with Gasteiger partial charge in [-0.25, -0.2) is 4.39 Å². The molecular formula is C21H20FN7O. The summed E-state index contributed by atoms with van der Waals surface area (Å²) >= 11 is 0. The van der Waals surface area contributed by atoms with Crippen molar-refractivity contribution in [2.45, 2.75) is 26.3 Å². The molecule has 4 rings (SSSR count). The van der Waals surface area contributed by atoms with Crippen LogP contribution in [-0.4, -0.2) is 30.7 Å². The van der Waals surface area contributed by atoms with E-state index in [-0.39, 0.29) is 18.1 Å². The number of aryl methyl sites for hydroxylation is 2. The maximum absolute atomic E-state index is 13.6. The van der Waals surface area contributed by atoms with Crippen molar-refractivity contribution < 1.29 is 9.18 Å². The molecule has 1 aromatic carbocycles. The zero-order valence-corrected chi connectivity index (χ0v) is 16.3. The average molecular weight is 405 g/mol. The quantitative estimate of drug-likeness (QED) is 0.490. The first-order valence-electron chi connectivity index (χ1n) is 9.48. The molecular weight excluding hydrogens is 385 g/mol. The normalized spacial score (nSPS) is 10.9. The second-order valence-corrected chi connectivity index (χ2v) is 6.83. The fraction of sp³-hybridized carbons (Fsp3) is 0.190. The second-order valence-electron chi connectivity index (χ2n) is 6.83. The fourth-order valence-corrected chi connectivity index (χ4v) is 2.90. The number of nitrogens with one attached hydrogen (secondary N) is 2. The molecule has 0 radical (unpaired) electrons. The third kappa shape index (κ3) is 4.57. The number of nitrogens with zero attached hydrogens (tertiary/aromatic N) is 5. The van der Waals surface area contributed by atoms with E-state index in [1.165, 1.54) is 6.07 Å². The zero-order valence-electron chi connectivity index (χ0n) is 16.3. The molecule has 3 aromatic heterocycles. The summed E-state index contributed by atoms with van der Waals surface area (Å²) in [6.45, 7) is 2.25. The minimum Gasteiger partial charge on any atom is -0.364 e. The van der Waals surface area contributed by atoms with E-state index < -0.39 is 0 Å². The Labute approximate surface area is 172 Å². The number of benzene rings is 1. The largest absolute Gasteiger partial charge is 0.364 e. The number of hydrogen-bond acceptors (Lipinski definition) is 6. The van der Waals surface area contributed by atoms with Crippen LogP contribution in [0.3, 0.4) is 0 Å². The van der Waals surface area contributed by atoms with E-state index in [2.05, 4.69) is 30.9 Å². The Morgan fingerprint density at radius 2 is 2.07 bits per heavy atom. The summed E-state index contributed by atoms with van der Waals surface area (Å²) in [5.74, 6) is 0.639. The maximum Gasteiger partial charge on any atom is 0.224 e. The molecule has 0 fully saturated rings. The van der Waals surface area contributed by atoms with Crippen LogP contribution in [0.1, 0.15) is 23.4 Å². The number of pyridine rings is 1. The molecule has 30 heavy (non-hydrogen) atoms.